The van der Waals surface area contributed by atoms with Gasteiger partial charge in [0.25, 0.3) is 0 Å². The number of fused-ring (bicyclic) bond motifs is 1. The summed E-state index contributed by atoms with van der Waals surface area (Å²) in [7, 11) is 3.94. The summed E-state index contributed by atoms with van der Waals surface area (Å²) in [6.45, 7) is 13.7. The van der Waals surface area contributed by atoms with E-state index in [1.54, 1.807) is 24.4 Å². The van der Waals surface area contributed by atoms with Crippen molar-refractivity contribution in [3.63, 3.8) is 0 Å². The maximum Gasteiger partial charge on any atom is 0.168 e. The summed E-state index contributed by atoms with van der Waals surface area (Å²) >= 11 is 0. The van der Waals surface area contributed by atoms with Gasteiger partial charge in [0.2, 0.25) is 0 Å². The Morgan fingerprint density at radius 2 is 1.84 bits per heavy atom. The topological polar surface area (TPSA) is 140 Å². The Bertz CT molecular complexity index is 1860. The summed E-state index contributed by atoms with van der Waals surface area (Å²) in [6.07, 6.45) is 14.9. The van der Waals surface area contributed by atoms with Crippen LogP contribution in [0.3, 0.4) is 0 Å². The molecule has 1 unspecified atom stereocenters. The highest BCUT2D eigenvalue weighted by molar-refractivity contribution is 5.99. The van der Waals surface area contributed by atoms with Crippen molar-refractivity contribution >= 4 is 28.8 Å². The van der Waals surface area contributed by atoms with Gasteiger partial charge in [0.05, 0.1) is 0 Å². The Morgan fingerprint density at radius 1 is 1.05 bits per heavy atom. The molecule has 0 bridgehead atoms. The first-order chi connectivity index (χ1) is 26.4. The Morgan fingerprint density at radius 3 is 2.51 bits per heavy atom. The minimum atomic E-state index is -0.797. The molecule has 0 aliphatic rings. The number of aliphatic imine (C=N–C) groups is 1. The lowest BCUT2D eigenvalue weighted by Crippen LogP contribution is -2.32. The number of ketones is 1. The van der Waals surface area contributed by atoms with E-state index in [2.05, 4.69) is 53.7 Å². The Hall–Kier alpha value is -4.75. The number of pyridine rings is 2. The number of rotatable bonds is 21. The largest absolute Gasteiger partial charge is 0.454 e. The van der Waals surface area contributed by atoms with Crippen LogP contribution in [0.2, 0.25) is 0 Å². The molecule has 13 heteroatoms. The second-order valence-corrected chi connectivity index (χ2v) is 14.2. The van der Waals surface area contributed by atoms with E-state index in [0.717, 1.165) is 93.8 Å². The van der Waals surface area contributed by atoms with Crippen molar-refractivity contribution in [3.8, 4) is 11.5 Å². The van der Waals surface area contributed by atoms with Crippen LogP contribution in [-0.4, -0.2) is 76.4 Å². The zero-order valence-electron chi connectivity index (χ0n) is 33.8. The second kappa shape index (κ2) is 23.2. The molecule has 0 aliphatic heterocycles. The Labute approximate surface area is 325 Å². The van der Waals surface area contributed by atoms with Crippen molar-refractivity contribution in [1.82, 2.24) is 24.5 Å². The molecule has 0 spiro atoms. The molecule has 11 nitrogen and oxygen atoms in total. The molecule has 0 fully saturated rings. The van der Waals surface area contributed by atoms with Gasteiger partial charge in [-0.1, -0.05) is 65.5 Å². The molecule has 3 heterocycles. The SMILES string of the molecule is CCCCN.CCCc1cc(C)c(C(N)=Nc2cc(F)c(Oc3ccn4ncnc4c3)cc2F)nc1N(CCCCCC(=O)/C=C/CN(C)C)CC(C)CC. The molecule has 300 valence electrons. The lowest BCUT2D eigenvalue weighted by molar-refractivity contribution is -0.114. The highest BCUT2D eigenvalue weighted by Crippen LogP contribution is 2.32. The van der Waals surface area contributed by atoms with Crippen LogP contribution >= 0.6 is 0 Å². The van der Waals surface area contributed by atoms with E-state index in [-0.39, 0.29) is 28.8 Å². The lowest BCUT2D eigenvalue weighted by atomic mass is 10.0. The molecule has 0 aliphatic carbocycles. The number of halogens is 2. The predicted octanol–water partition coefficient (Wildman–Crippen LogP) is 8.34. The molecule has 4 rings (SSSR count). The molecular weight excluding hydrogens is 701 g/mol. The maximum atomic E-state index is 15.3. The fraction of sp³-hybridized carbons (Fsp3) is 0.500. The number of nitrogens with two attached hydrogens (primary N) is 2. The Balaban J connectivity index is 0.00000152. The van der Waals surface area contributed by atoms with E-state index in [1.165, 1.54) is 23.7 Å². The van der Waals surface area contributed by atoms with Crippen LogP contribution in [-0.2, 0) is 11.2 Å². The van der Waals surface area contributed by atoms with Gasteiger partial charge in [-0.25, -0.2) is 28.3 Å². The average Bonchev–Trinajstić information content (AvgIpc) is 3.62. The van der Waals surface area contributed by atoms with Crippen LogP contribution in [0.25, 0.3) is 5.65 Å². The molecule has 0 radical (unpaired) electrons. The van der Waals surface area contributed by atoms with Crippen molar-refractivity contribution < 1.29 is 18.3 Å². The molecule has 0 amide bonds. The van der Waals surface area contributed by atoms with Gasteiger partial charge in [-0.15, -0.1) is 0 Å². The molecule has 0 saturated heterocycles. The molecule has 1 aromatic carbocycles. The number of allylic oxidation sites excluding steroid dienone is 1. The van der Waals surface area contributed by atoms with E-state index in [0.29, 0.717) is 23.7 Å². The average molecular weight is 762 g/mol. The molecular formula is C42H61F2N9O2. The summed E-state index contributed by atoms with van der Waals surface area (Å²) in [5.41, 5.74) is 14.2. The number of amidine groups is 1. The highest BCUT2D eigenvalue weighted by atomic mass is 19.1. The van der Waals surface area contributed by atoms with Crippen molar-refractivity contribution in [2.75, 3.05) is 45.2 Å². The van der Waals surface area contributed by atoms with Crippen LogP contribution in [0.15, 0.2) is 60.0 Å². The Kier molecular flexibility index (Phi) is 18.9. The number of carbonyl (C=O) groups is 1. The first kappa shape index (κ1) is 44.6. The number of ether oxygens (including phenoxy) is 1. The first-order valence-corrected chi connectivity index (χ1v) is 19.5. The van der Waals surface area contributed by atoms with E-state index in [9.17, 15) is 4.79 Å². The maximum absolute atomic E-state index is 15.3. The minimum absolute atomic E-state index is 0.0136. The van der Waals surface area contributed by atoms with E-state index >= 15 is 8.78 Å². The number of unbranched alkanes of at least 4 members (excludes halogenated alkanes) is 3. The van der Waals surface area contributed by atoms with Gasteiger partial charge in [0.1, 0.15) is 29.3 Å². The second-order valence-electron chi connectivity index (χ2n) is 14.2. The standard InChI is InChI=1S/C38H50F2N8O2.C4H11N/c1-7-13-28-20-27(4)36(45-38(28)47(24-26(3)8-2)18-11-9-10-14-29(49)15-12-17-46(5)6)37(41)44-33-22-32(40)34(23-31(33)39)50-30-16-19-48-35(21-30)42-25-43-48;1-2-3-4-5/h12,15-16,19-23,25-26H,7-11,13-14,17-18,24H2,1-6H3,(H2,41,44);2-5H2,1H3/b15-12+;. The molecule has 0 saturated carbocycles. The van der Waals surface area contributed by atoms with Crippen molar-refractivity contribution in [2.24, 2.45) is 22.4 Å². The third-order valence-corrected chi connectivity index (χ3v) is 8.97. The molecule has 4 aromatic rings. The van der Waals surface area contributed by atoms with E-state index in [4.69, 9.17) is 21.2 Å². The number of anilines is 1. The van der Waals surface area contributed by atoms with Crippen LogP contribution in [0.1, 0.15) is 95.9 Å². The zero-order chi connectivity index (χ0) is 40.3. The van der Waals surface area contributed by atoms with Gasteiger partial charge in [-0.05, 0) is 82.4 Å². The first-order valence-electron chi connectivity index (χ1n) is 19.5. The number of likely N-dealkylation sites (N-methyl/N-ethyl adjacent to an activating group) is 1. The van der Waals surface area contributed by atoms with Gasteiger partial charge in [-0.3, -0.25) is 4.79 Å². The fourth-order valence-electron chi connectivity index (χ4n) is 5.75. The smallest absolute Gasteiger partial charge is 0.168 e. The summed E-state index contributed by atoms with van der Waals surface area (Å²) in [5, 5.41) is 4.02. The van der Waals surface area contributed by atoms with Gasteiger partial charge in [0.15, 0.2) is 34.6 Å². The highest BCUT2D eigenvalue weighted by Gasteiger charge is 2.20. The number of benzene rings is 1. The normalized spacial score (nSPS) is 12.3. The number of hydrogen-bond acceptors (Lipinski definition) is 9. The summed E-state index contributed by atoms with van der Waals surface area (Å²) in [6, 6.07) is 7.14. The van der Waals surface area contributed by atoms with Gasteiger partial charge < -0.3 is 26.0 Å². The third kappa shape index (κ3) is 14.4. The number of aryl methyl sites for hydroxylation is 2. The van der Waals surface area contributed by atoms with Crippen LogP contribution in [0.4, 0.5) is 20.3 Å². The quantitative estimate of drug-likeness (QED) is 0.0371. The zero-order valence-corrected chi connectivity index (χ0v) is 33.8. The summed E-state index contributed by atoms with van der Waals surface area (Å²) in [5.74, 6) is -0.225. The third-order valence-electron chi connectivity index (χ3n) is 8.97. The van der Waals surface area contributed by atoms with Gasteiger partial charge in [-0.2, -0.15) is 5.10 Å². The van der Waals surface area contributed by atoms with Crippen LogP contribution < -0.4 is 21.1 Å². The van der Waals surface area contributed by atoms with Gasteiger partial charge >= 0.3 is 0 Å². The number of hydrogen-bond donors (Lipinski definition) is 2. The van der Waals surface area contributed by atoms with Crippen LogP contribution in [0.5, 0.6) is 11.5 Å². The van der Waals surface area contributed by atoms with Crippen molar-refractivity contribution in [2.45, 2.75) is 92.4 Å². The monoisotopic (exact) mass is 761 g/mol. The van der Waals surface area contributed by atoms with E-state index in [1.807, 2.05) is 32.0 Å². The molecule has 55 heavy (non-hydrogen) atoms. The van der Waals surface area contributed by atoms with Crippen molar-refractivity contribution in [1.29, 1.82) is 0 Å². The minimum Gasteiger partial charge on any atom is -0.454 e. The van der Waals surface area contributed by atoms with Crippen LogP contribution in [0, 0.1) is 24.5 Å². The summed E-state index contributed by atoms with van der Waals surface area (Å²) in [4.78, 5) is 30.0. The molecule has 4 N–H and O–H groups in total. The summed E-state index contributed by atoms with van der Waals surface area (Å²) < 4.78 is 37.7. The van der Waals surface area contributed by atoms with Gasteiger partial charge in [0, 0.05) is 50.5 Å². The number of nitrogens with zero attached hydrogens (tertiary/aromatic N) is 7. The number of carbonyl (C=O) groups excluding carboxylic acids is 1. The predicted molar refractivity (Wildman–Crippen MR) is 220 cm³/mol. The number of aromatic nitrogens is 4. The molecule has 3 aromatic heterocycles. The lowest BCUT2D eigenvalue weighted by Gasteiger charge is -2.29. The van der Waals surface area contributed by atoms with E-state index < -0.39 is 11.6 Å². The fourth-order valence-corrected chi connectivity index (χ4v) is 5.75. The molecule has 1 atom stereocenters. The van der Waals surface area contributed by atoms with Crippen molar-refractivity contribution in [3.05, 3.63) is 83.5 Å².